The number of carbonyl (C=O) groups excluding carboxylic acids is 4. The van der Waals surface area contributed by atoms with E-state index in [1.54, 1.807) is 34.1 Å². The molecule has 40 heavy (non-hydrogen) atoms. The lowest BCUT2D eigenvalue weighted by atomic mass is 9.80. The molecule has 3 heterocycles. The van der Waals surface area contributed by atoms with Crippen molar-refractivity contribution in [2.45, 2.75) is 24.2 Å². The van der Waals surface area contributed by atoms with Gasteiger partial charge in [0, 0.05) is 58.6 Å². The molecule has 4 aliphatic carbocycles. The Hall–Kier alpha value is -4.10. The number of benzene rings is 2. The highest BCUT2D eigenvalue weighted by molar-refractivity contribution is 7.16. The van der Waals surface area contributed by atoms with Crippen molar-refractivity contribution in [3.63, 3.8) is 0 Å². The third kappa shape index (κ3) is 2.47. The fourth-order valence-corrected chi connectivity index (χ4v) is 9.44. The zero-order valence-corrected chi connectivity index (χ0v) is 22.5. The normalized spacial score (nSPS) is 31.8. The van der Waals surface area contributed by atoms with Crippen LogP contribution in [0.5, 0.6) is 0 Å². The maximum Gasteiger partial charge on any atom is 0.268 e. The molecule has 0 N–H and O–H groups in total. The summed E-state index contributed by atoms with van der Waals surface area (Å²) in [4.78, 5) is 58.0. The SMILES string of the molecule is C[C@@H]1[C@@H]2CN(C(=O)c3ccc(C(=O)N4C[C@H]5C[C@@]56C4=CC(=O)c4ccccc46)s3)C3=CC(=O)c4ccccc4[C@@]312. The third-order valence-electron chi connectivity index (χ3n) is 10.5. The lowest BCUT2D eigenvalue weighted by Crippen LogP contribution is -2.35. The van der Waals surface area contributed by atoms with E-state index in [1.807, 2.05) is 48.5 Å². The van der Waals surface area contributed by atoms with Gasteiger partial charge in [-0.1, -0.05) is 55.5 Å². The second kappa shape index (κ2) is 7.15. The van der Waals surface area contributed by atoms with E-state index in [4.69, 9.17) is 0 Å². The Morgan fingerprint density at radius 1 is 0.775 bits per heavy atom. The summed E-state index contributed by atoms with van der Waals surface area (Å²) >= 11 is 1.20. The van der Waals surface area contributed by atoms with Crippen LogP contribution in [0.25, 0.3) is 0 Å². The molecule has 7 heteroatoms. The average molecular weight is 545 g/mol. The molecule has 2 aliphatic heterocycles. The quantitative estimate of drug-likeness (QED) is 0.456. The number of rotatable bonds is 2. The predicted octanol–water partition coefficient (Wildman–Crippen LogP) is 4.98. The van der Waals surface area contributed by atoms with E-state index in [0.29, 0.717) is 34.7 Å². The lowest BCUT2D eigenvalue weighted by molar-refractivity contribution is 0.0805. The van der Waals surface area contributed by atoms with Gasteiger partial charge in [0.2, 0.25) is 0 Å². The van der Waals surface area contributed by atoms with Crippen molar-refractivity contribution in [1.82, 2.24) is 9.80 Å². The topological polar surface area (TPSA) is 74.8 Å². The van der Waals surface area contributed by atoms with Gasteiger partial charge >= 0.3 is 0 Å². The van der Waals surface area contributed by atoms with Crippen LogP contribution >= 0.6 is 11.3 Å². The van der Waals surface area contributed by atoms with Crippen LogP contribution in [0.3, 0.4) is 0 Å². The molecule has 0 radical (unpaired) electrons. The summed E-state index contributed by atoms with van der Waals surface area (Å²) < 4.78 is 0. The first-order valence-corrected chi connectivity index (χ1v) is 14.6. The number of hydrogen-bond donors (Lipinski definition) is 0. The maximum atomic E-state index is 13.8. The van der Waals surface area contributed by atoms with Gasteiger partial charge in [0.25, 0.3) is 11.8 Å². The monoisotopic (exact) mass is 544 g/mol. The number of carbonyl (C=O) groups is 4. The molecular formula is C33H24N2O4S. The first kappa shape index (κ1) is 22.7. The number of piperidine rings is 2. The van der Waals surface area contributed by atoms with Crippen molar-refractivity contribution in [3.8, 4) is 0 Å². The van der Waals surface area contributed by atoms with Gasteiger partial charge in [-0.3, -0.25) is 19.2 Å². The first-order valence-electron chi connectivity index (χ1n) is 13.8. The second-order valence-corrected chi connectivity index (χ2v) is 13.1. The van der Waals surface area contributed by atoms with Gasteiger partial charge in [-0.15, -0.1) is 11.3 Å². The summed E-state index contributed by atoms with van der Waals surface area (Å²) in [5, 5.41) is 0. The summed E-state index contributed by atoms with van der Waals surface area (Å²) in [6.45, 7) is 3.35. The predicted molar refractivity (Wildman–Crippen MR) is 148 cm³/mol. The standard InChI is InChI=1S/C33H24N2O4S/c1-17-23-16-35(29-13-25(37)20-7-3-5-9-22(20)33(17,23)29)31(39)27-11-10-26(40-27)30(38)34-15-18-14-32(18)21-8-4-2-6-19(21)24(36)12-28(32)34/h2-13,17-18,23H,14-16H2,1H3/t17-,18-,23+,32-,33+/m1/s1. The molecule has 4 fully saturated rings. The van der Waals surface area contributed by atoms with Crippen LogP contribution in [0.2, 0.25) is 0 Å². The molecule has 6 aliphatic rings. The van der Waals surface area contributed by atoms with Crippen LogP contribution in [0.15, 0.2) is 84.2 Å². The molecule has 2 saturated heterocycles. The van der Waals surface area contributed by atoms with Crippen molar-refractivity contribution in [2.24, 2.45) is 17.8 Å². The zero-order valence-electron chi connectivity index (χ0n) is 21.7. The number of hydrogen-bond acceptors (Lipinski definition) is 5. The van der Waals surface area contributed by atoms with E-state index >= 15 is 0 Å². The molecule has 2 amide bonds. The van der Waals surface area contributed by atoms with E-state index in [9.17, 15) is 19.2 Å². The van der Waals surface area contributed by atoms with Crippen LogP contribution in [0.1, 0.15) is 64.5 Å². The molecule has 0 unspecified atom stereocenters. The summed E-state index contributed by atoms with van der Waals surface area (Å²) in [5.41, 5.74) is 4.61. The maximum absolute atomic E-state index is 13.8. The van der Waals surface area contributed by atoms with E-state index in [1.165, 1.54) is 11.3 Å². The number of thiophene rings is 1. The molecule has 1 aromatic heterocycles. The highest BCUT2D eigenvalue weighted by Gasteiger charge is 2.73. The fraction of sp³-hybridized carbons (Fsp3) is 0.273. The van der Waals surface area contributed by atoms with Gasteiger partial charge in [-0.2, -0.15) is 0 Å². The van der Waals surface area contributed by atoms with Crippen LogP contribution < -0.4 is 0 Å². The molecule has 196 valence electrons. The van der Waals surface area contributed by atoms with Crippen molar-refractivity contribution in [1.29, 1.82) is 0 Å². The smallest absolute Gasteiger partial charge is 0.268 e. The molecule has 5 atom stereocenters. The number of amides is 2. The summed E-state index contributed by atoms with van der Waals surface area (Å²) in [5.74, 6) is 0.510. The van der Waals surface area contributed by atoms with Gasteiger partial charge in [-0.05, 0) is 47.4 Å². The van der Waals surface area contributed by atoms with E-state index < -0.39 is 0 Å². The molecule has 0 bridgehead atoms. The summed E-state index contributed by atoms with van der Waals surface area (Å²) in [6, 6.07) is 19.0. The second-order valence-electron chi connectivity index (χ2n) is 12.0. The van der Waals surface area contributed by atoms with Gasteiger partial charge in [-0.25, -0.2) is 0 Å². The van der Waals surface area contributed by atoms with Gasteiger partial charge in [0.15, 0.2) is 11.6 Å². The van der Waals surface area contributed by atoms with Crippen LogP contribution in [-0.4, -0.2) is 46.3 Å². The van der Waals surface area contributed by atoms with E-state index in [-0.39, 0.29) is 40.1 Å². The summed E-state index contributed by atoms with van der Waals surface area (Å²) in [7, 11) is 0. The Kier molecular flexibility index (Phi) is 4.06. The Labute approximate surface area is 234 Å². The molecule has 3 aromatic rings. The molecule has 2 saturated carbocycles. The van der Waals surface area contributed by atoms with Crippen LogP contribution in [-0.2, 0) is 10.8 Å². The Bertz CT molecular complexity index is 1830. The van der Waals surface area contributed by atoms with Crippen molar-refractivity contribution in [3.05, 3.63) is 116 Å². The average Bonchev–Trinajstić information content (AvgIpc) is 3.52. The fourth-order valence-electron chi connectivity index (χ4n) is 8.54. The highest BCUT2D eigenvalue weighted by atomic mass is 32.1. The number of likely N-dealkylation sites (tertiary alicyclic amines) is 2. The number of ketones is 2. The van der Waals surface area contributed by atoms with Crippen molar-refractivity contribution < 1.29 is 19.2 Å². The summed E-state index contributed by atoms with van der Waals surface area (Å²) in [6.07, 6.45) is 4.26. The molecule has 6 nitrogen and oxygen atoms in total. The number of fused-ring (bicyclic) bond motifs is 2. The minimum atomic E-state index is -0.281. The highest BCUT2D eigenvalue weighted by Crippen LogP contribution is 2.71. The van der Waals surface area contributed by atoms with Gasteiger partial charge < -0.3 is 9.80 Å². The molecule has 2 aromatic carbocycles. The Morgan fingerprint density at radius 2 is 1.35 bits per heavy atom. The van der Waals surface area contributed by atoms with E-state index in [0.717, 1.165) is 40.1 Å². The Morgan fingerprint density at radius 3 is 2.05 bits per heavy atom. The first-order chi connectivity index (χ1) is 19.4. The number of nitrogens with zero attached hydrogens (tertiary/aromatic N) is 2. The minimum absolute atomic E-state index is 0.0590. The zero-order chi connectivity index (χ0) is 27.1. The largest absolute Gasteiger partial charge is 0.310 e. The Balaban J connectivity index is 1.02. The molecular weight excluding hydrogens is 520 g/mol. The number of allylic oxidation sites excluding steroid dienone is 4. The van der Waals surface area contributed by atoms with Crippen molar-refractivity contribution >= 4 is 34.7 Å². The van der Waals surface area contributed by atoms with Crippen LogP contribution in [0, 0.1) is 17.8 Å². The minimum Gasteiger partial charge on any atom is -0.310 e. The molecule has 9 rings (SSSR count). The lowest BCUT2D eigenvalue weighted by Gasteiger charge is -2.30. The van der Waals surface area contributed by atoms with Crippen molar-refractivity contribution in [2.75, 3.05) is 13.1 Å². The van der Waals surface area contributed by atoms with Crippen LogP contribution in [0.4, 0.5) is 0 Å². The third-order valence-corrected chi connectivity index (χ3v) is 11.6. The van der Waals surface area contributed by atoms with E-state index in [2.05, 4.69) is 6.92 Å². The molecule has 2 spiro atoms. The van der Waals surface area contributed by atoms with Gasteiger partial charge in [0.1, 0.15) is 0 Å². The van der Waals surface area contributed by atoms with Gasteiger partial charge in [0.05, 0.1) is 9.75 Å².